The highest BCUT2D eigenvalue weighted by atomic mass is 16.2. The van der Waals surface area contributed by atoms with E-state index in [9.17, 15) is 4.79 Å². The summed E-state index contributed by atoms with van der Waals surface area (Å²) in [6.07, 6.45) is 7.79. The maximum Gasteiger partial charge on any atom is 0.237 e. The summed E-state index contributed by atoms with van der Waals surface area (Å²) in [4.78, 5) is 25.7. The van der Waals surface area contributed by atoms with E-state index >= 15 is 0 Å². The predicted octanol–water partition coefficient (Wildman–Crippen LogP) is 5.45. The van der Waals surface area contributed by atoms with Crippen LogP contribution < -0.4 is 5.32 Å². The average Bonchev–Trinajstić information content (AvgIpc) is 3.35. The van der Waals surface area contributed by atoms with E-state index in [2.05, 4.69) is 46.6 Å². The zero-order valence-electron chi connectivity index (χ0n) is 20.0. The number of benzene rings is 2. The van der Waals surface area contributed by atoms with Gasteiger partial charge in [-0.2, -0.15) is 0 Å². The molecule has 34 heavy (non-hydrogen) atoms. The predicted molar refractivity (Wildman–Crippen MR) is 135 cm³/mol. The van der Waals surface area contributed by atoms with Crippen LogP contribution in [0.25, 0.3) is 11.3 Å². The van der Waals surface area contributed by atoms with Gasteiger partial charge in [0.05, 0.1) is 17.8 Å². The summed E-state index contributed by atoms with van der Waals surface area (Å²) in [5, 5.41) is 3.38. The van der Waals surface area contributed by atoms with Crippen LogP contribution in [0.15, 0.2) is 66.7 Å². The van der Waals surface area contributed by atoms with Gasteiger partial charge < -0.3 is 5.32 Å². The van der Waals surface area contributed by atoms with Crippen molar-refractivity contribution in [3.05, 3.63) is 83.8 Å². The third kappa shape index (κ3) is 5.05. The second kappa shape index (κ2) is 10.5. The molecule has 1 aliphatic heterocycles. The van der Waals surface area contributed by atoms with Crippen LogP contribution in [0, 0.1) is 6.92 Å². The minimum absolute atomic E-state index is 0.156. The fourth-order valence-corrected chi connectivity index (χ4v) is 5.52. The number of amides is 1. The normalized spacial score (nSPS) is 20.2. The van der Waals surface area contributed by atoms with E-state index in [0.29, 0.717) is 6.04 Å². The zero-order valence-corrected chi connectivity index (χ0v) is 20.0. The first-order valence-corrected chi connectivity index (χ1v) is 12.7. The highest BCUT2D eigenvalue weighted by Gasteiger charge is 2.39. The van der Waals surface area contributed by atoms with Crippen molar-refractivity contribution in [2.75, 3.05) is 6.54 Å². The highest BCUT2D eigenvalue weighted by Crippen LogP contribution is 2.34. The van der Waals surface area contributed by atoms with Gasteiger partial charge in [-0.15, -0.1) is 0 Å². The Morgan fingerprint density at radius 1 is 0.912 bits per heavy atom. The number of nitrogens with one attached hydrogen (secondary N) is 1. The number of carbonyl (C=O) groups excluding carboxylic acids is 1. The van der Waals surface area contributed by atoms with Crippen LogP contribution in [-0.2, 0) is 4.79 Å². The van der Waals surface area contributed by atoms with E-state index in [1.807, 2.05) is 37.3 Å². The Balaban J connectivity index is 1.49. The number of carbonyl (C=O) groups is 1. The molecule has 0 bridgehead atoms. The van der Waals surface area contributed by atoms with Gasteiger partial charge in [0.1, 0.15) is 0 Å². The number of hydrogen-bond donors (Lipinski definition) is 1. The summed E-state index contributed by atoms with van der Waals surface area (Å²) in [5.41, 5.74) is 4.07. The van der Waals surface area contributed by atoms with E-state index in [-0.39, 0.29) is 18.0 Å². The first kappa shape index (κ1) is 22.7. The van der Waals surface area contributed by atoms with Crippen molar-refractivity contribution < 1.29 is 4.79 Å². The molecule has 3 aromatic rings. The monoisotopic (exact) mass is 454 g/mol. The highest BCUT2D eigenvalue weighted by molar-refractivity contribution is 5.82. The maximum absolute atomic E-state index is 13.5. The van der Waals surface area contributed by atoms with Gasteiger partial charge in [-0.25, -0.2) is 9.97 Å². The van der Waals surface area contributed by atoms with Crippen molar-refractivity contribution in [2.24, 2.45) is 0 Å². The minimum atomic E-state index is -0.159. The fraction of sp³-hybridized carbons (Fsp3) is 0.414. The Labute approximate surface area is 202 Å². The number of aryl methyl sites for hydroxylation is 1. The Kier molecular flexibility index (Phi) is 7.00. The van der Waals surface area contributed by atoms with Crippen molar-refractivity contribution in [3.63, 3.8) is 0 Å². The molecule has 0 radical (unpaired) electrons. The number of nitrogens with zero attached hydrogens (tertiary/aromatic N) is 3. The van der Waals surface area contributed by atoms with Crippen LogP contribution in [-0.4, -0.2) is 39.4 Å². The Bertz CT molecular complexity index is 1100. The summed E-state index contributed by atoms with van der Waals surface area (Å²) in [6.45, 7) is 2.89. The molecule has 176 valence electrons. The SMILES string of the molecule is Cc1cc(-c2ccccc2)nc([C@H](c2ccccc2)N2CCC[C@H]2C(=O)NC2CCCCC2)n1. The van der Waals surface area contributed by atoms with Crippen LogP contribution >= 0.6 is 0 Å². The number of likely N-dealkylation sites (tertiary alicyclic amines) is 1. The third-order valence-electron chi connectivity index (χ3n) is 7.18. The van der Waals surface area contributed by atoms with E-state index in [1.165, 1.54) is 19.3 Å². The van der Waals surface area contributed by atoms with E-state index in [1.54, 1.807) is 0 Å². The molecule has 5 nitrogen and oxygen atoms in total. The van der Waals surface area contributed by atoms with Gasteiger partial charge in [0.15, 0.2) is 5.82 Å². The topological polar surface area (TPSA) is 58.1 Å². The van der Waals surface area contributed by atoms with Crippen LogP contribution in [0.1, 0.15) is 68.1 Å². The summed E-state index contributed by atoms with van der Waals surface area (Å²) in [5.74, 6) is 0.934. The molecule has 2 fully saturated rings. The Hall–Kier alpha value is -3.05. The van der Waals surface area contributed by atoms with E-state index < -0.39 is 0 Å². The van der Waals surface area contributed by atoms with Gasteiger partial charge in [-0.1, -0.05) is 79.9 Å². The van der Waals surface area contributed by atoms with Crippen molar-refractivity contribution in [1.82, 2.24) is 20.2 Å². The molecule has 1 amide bonds. The summed E-state index contributed by atoms with van der Waals surface area (Å²) < 4.78 is 0. The van der Waals surface area contributed by atoms with Crippen molar-refractivity contribution in [2.45, 2.75) is 70.0 Å². The molecule has 2 aromatic carbocycles. The van der Waals surface area contributed by atoms with Crippen LogP contribution in [0.2, 0.25) is 0 Å². The molecule has 0 unspecified atom stereocenters. The molecule has 0 spiro atoms. The van der Waals surface area contributed by atoms with Gasteiger partial charge in [0, 0.05) is 23.8 Å². The van der Waals surface area contributed by atoms with Gasteiger partial charge in [-0.05, 0) is 44.2 Å². The van der Waals surface area contributed by atoms with Gasteiger partial charge in [-0.3, -0.25) is 9.69 Å². The van der Waals surface area contributed by atoms with Gasteiger partial charge >= 0.3 is 0 Å². The van der Waals surface area contributed by atoms with Crippen molar-refractivity contribution >= 4 is 5.91 Å². The van der Waals surface area contributed by atoms with Crippen LogP contribution in [0.5, 0.6) is 0 Å². The van der Waals surface area contributed by atoms with Gasteiger partial charge in [0.25, 0.3) is 0 Å². The number of hydrogen-bond acceptors (Lipinski definition) is 4. The second-order valence-electron chi connectivity index (χ2n) is 9.67. The lowest BCUT2D eigenvalue weighted by Gasteiger charge is -2.33. The first-order chi connectivity index (χ1) is 16.7. The lowest BCUT2D eigenvalue weighted by atomic mass is 9.95. The second-order valence-corrected chi connectivity index (χ2v) is 9.67. The molecule has 2 aliphatic rings. The Morgan fingerprint density at radius 3 is 2.35 bits per heavy atom. The average molecular weight is 455 g/mol. The summed E-state index contributed by atoms with van der Waals surface area (Å²) >= 11 is 0. The molecular formula is C29H34N4O. The zero-order chi connectivity index (χ0) is 23.3. The standard InChI is InChI=1S/C29H34N4O/c1-21-20-25(22-12-5-2-6-13-22)32-28(30-21)27(23-14-7-3-8-15-23)33-19-11-18-26(33)29(34)31-24-16-9-4-10-17-24/h2-3,5-8,12-15,20,24,26-27H,4,9-11,16-19H2,1H3,(H,31,34)/t26-,27-/m0/s1. The van der Waals surface area contributed by atoms with E-state index in [0.717, 1.165) is 60.6 Å². The molecule has 1 saturated carbocycles. The summed E-state index contributed by atoms with van der Waals surface area (Å²) in [6, 6.07) is 22.7. The fourth-order valence-electron chi connectivity index (χ4n) is 5.52. The lowest BCUT2D eigenvalue weighted by Crippen LogP contribution is -2.48. The van der Waals surface area contributed by atoms with Gasteiger partial charge in [0.2, 0.25) is 5.91 Å². The molecule has 1 aromatic heterocycles. The molecule has 1 saturated heterocycles. The third-order valence-corrected chi connectivity index (χ3v) is 7.18. The quantitative estimate of drug-likeness (QED) is 0.538. The molecular weight excluding hydrogens is 420 g/mol. The van der Waals surface area contributed by atoms with Crippen molar-refractivity contribution in [3.8, 4) is 11.3 Å². The molecule has 5 rings (SSSR count). The number of rotatable bonds is 6. The molecule has 5 heteroatoms. The molecule has 1 aliphatic carbocycles. The lowest BCUT2D eigenvalue weighted by molar-refractivity contribution is -0.127. The maximum atomic E-state index is 13.5. The van der Waals surface area contributed by atoms with Crippen LogP contribution in [0.3, 0.4) is 0 Å². The molecule has 2 atom stereocenters. The summed E-state index contributed by atoms with van der Waals surface area (Å²) in [7, 11) is 0. The smallest absolute Gasteiger partial charge is 0.237 e. The Morgan fingerprint density at radius 2 is 1.62 bits per heavy atom. The first-order valence-electron chi connectivity index (χ1n) is 12.7. The molecule has 1 N–H and O–H groups in total. The largest absolute Gasteiger partial charge is 0.352 e. The van der Waals surface area contributed by atoms with E-state index in [4.69, 9.17) is 9.97 Å². The van der Waals surface area contributed by atoms with Crippen molar-refractivity contribution in [1.29, 1.82) is 0 Å². The number of aromatic nitrogens is 2. The molecule has 2 heterocycles. The van der Waals surface area contributed by atoms with Crippen LogP contribution in [0.4, 0.5) is 0 Å². The minimum Gasteiger partial charge on any atom is -0.352 e.